The van der Waals surface area contributed by atoms with E-state index in [9.17, 15) is 15.3 Å². The van der Waals surface area contributed by atoms with E-state index in [1.54, 1.807) is 0 Å². The Morgan fingerprint density at radius 3 is 2.23 bits per heavy atom. The van der Waals surface area contributed by atoms with Gasteiger partial charge >= 0.3 is 0 Å². The molecule has 13 heavy (non-hydrogen) atoms. The van der Waals surface area contributed by atoms with Gasteiger partial charge < -0.3 is 25.2 Å². The molecule has 0 radical (unpaired) electrons. The third-order valence-corrected chi connectivity index (χ3v) is 1.98. The summed E-state index contributed by atoms with van der Waals surface area (Å²) in [5, 5.41) is 36.4. The summed E-state index contributed by atoms with van der Waals surface area (Å²) >= 11 is 0. The van der Waals surface area contributed by atoms with Crippen molar-refractivity contribution in [3.63, 3.8) is 0 Å². The van der Waals surface area contributed by atoms with Gasteiger partial charge in [0.05, 0.1) is 6.61 Å². The number of hydrogen-bond acceptors (Lipinski definition) is 7. The number of rotatable bonds is 2. The molecule has 1 fully saturated rings. The number of aliphatic hydroxyl groups excluding tert-OH is 4. The van der Waals surface area contributed by atoms with Crippen molar-refractivity contribution in [1.29, 1.82) is 0 Å². The lowest BCUT2D eigenvalue weighted by molar-refractivity contribution is -0.302. The highest BCUT2D eigenvalue weighted by Crippen LogP contribution is 2.20. The van der Waals surface area contributed by atoms with Crippen LogP contribution in [-0.2, 0) is 9.57 Å². The molecule has 0 bridgehead atoms. The molecule has 1 rings (SSSR count). The standard InChI is InChI=1S/C6H13NO6/c7-13-6-5(11)4(10)3(9)2(1-8)12-6/h2-6,8-11H,1,7H2/t2?,3-,4?,5?,6-/m1/s1. The van der Waals surface area contributed by atoms with Crippen LogP contribution in [0.15, 0.2) is 0 Å². The first-order chi connectivity index (χ1) is 6.11. The lowest BCUT2D eigenvalue weighted by Gasteiger charge is -2.38. The van der Waals surface area contributed by atoms with E-state index in [1.165, 1.54) is 0 Å². The lowest BCUT2D eigenvalue weighted by atomic mass is 9.99. The van der Waals surface area contributed by atoms with E-state index in [-0.39, 0.29) is 0 Å². The first-order valence-electron chi connectivity index (χ1n) is 3.78. The quantitative estimate of drug-likeness (QED) is 0.292. The van der Waals surface area contributed by atoms with Crippen molar-refractivity contribution in [3.8, 4) is 0 Å². The average Bonchev–Trinajstić information content (AvgIpc) is 2.15. The van der Waals surface area contributed by atoms with Gasteiger partial charge in [-0.25, -0.2) is 5.90 Å². The van der Waals surface area contributed by atoms with Crippen molar-refractivity contribution in [2.24, 2.45) is 5.90 Å². The van der Waals surface area contributed by atoms with Crippen LogP contribution in [0.1, 0.15) is 0 Å². The summed E-state index contributed by atoms with van der Waals surface area (Å²) in [4.78, 5) is 4.20. The summed E-state index contributed by atoms with van der Waals surface area (Å²) in [6.07, 6.45) is -6.48. The Hall–Kier alpha value is -0.280. The van der Waals surface area contributed by atoms with Crippen molar-refractivity contribution in [2.75, 3.05) is 6.61 Å². The first kappa shape index (κ1) is 10.8. The van der Waals surface area contributed by atoms with E-state index in [4.69, 9.17) is 15.7 Å². The van der Waals surface area contributed by atoms with Gasteiger partial charge in [-0.2, -0.15) is 0 Å². The monoisotopic (exact) mass is 195 g/mol. The maximum absolute atomic E-state index is 9.23. The lowest BCUT2D eigenvalue weighted by Crippen LogP contribution is -2.59. The van der Waals surface area contributed by atoms with Crippen LogP contribution in [0.2, 0.25) is 0 Å². The van der Waals surface area contributed by atoms with Gasteiger partial charge in [0.2, 0.25) is 6.29 Å². The number of ether oxygens (including phenoxy) is 1. The van der Waals surface area contributed by atoms with Crippen LogP contribution < -0.4 is 5.90 Å². The van der Waals surface area contributed by atoms with Gasteiger partial charge in [0.15, 0.2) is 0 Å². The molecule has 1 aliphatic heterocycles. The van der Waals surface area contributed by atoms with Crippen LogP contribution in [0.3, 0.4) is 0 Å². The second-order valence-electron chi connectivity index (χ2n) is 2.83. The molecule has 7 heteroatoms. The molecule has 6 N–H and O–H groups in total. The smallest absolute Gasteiger partial charge is 0.206 e. The SMILES string of the molecule is NO[C@H]1OC(CO)[C@@H](O)C(O)C1O. The summed E-state index contributed by atoms with van der Waals surface area (Å²) in [5.41, 5.74) is 0. The molecular weight excluding hydrogens is 182 g/mol. The first-order valence-corrected chi connectivity index (χ1v) is 3.78. The molecule has 0 aromatic rings. The normalized spacial score (nSPS) is 46.4. The van der Waals surface area contributed by atoms with Gasteiger partial charge in [-0.1, -0.05) is 0 Å². The second kappa shape index (κ2) is 4.29. The van der Waals surface area contributed by atoms with Crippen LogP contribution in [0.4, 0.5) is 0 Å². The maximum Gasteiger partial charge on any atom is 0.206 e. The highest BCUT2D eigenvalue weighted by molar-refractivity contribution is 4.88. The molecule has 5 atom stereocenters. The van der Waals surface area contributed by atoms with Crippen LogP contribution in [0.25, 0.3) is 0 Å². The van der Waals surface area contributed by atoms with Crippen molar-refractivity contribution >= 4 is 0 Å². The van der Waals surface area contributed by atoms with Crippen LogP contribution >= 0.6 is 0 Å². The van der Waals surface area contributed by atoms with Gasteiger partial charge in [0.1, 0.15) is 24.4 Å². The zero-order valence-corrected chi connectivity index (χ0v) is 6.78. The van der Waals surface area contributed by atoms with Crippen LogP contribution in [0, 0.1) is 0 Å². The zero-order chi connectivity index (χ0) is 10.0. The van der Waals surface area contributed by atoms with Crippen LogP contribution in [0.5, 0.6) is 0 Å². The molecule has 0 aromatic heterocycles. The molecule has 0 aromatic carbocycles. The van der Waals surface area contributed by atoms with Crippen molar-refractivity contribution in [2.45, 2.75) is 30.7 Å². The van der Waals surface area contributed by atoms with Crippen molar-refractivity contribution in [1.82, 2.24) is 0 Å². The van der Waals surface area contributed by atoms with E-state index >= 15 is 0 Å². The van der Waals surface area contributed by atoms with Crippen molar-refractivity contribution < 1.29 is 30.0 Å². The summed E-state index contributed by atoms with van der Waals surface area (Å²) in [5.74, 6) is 4.76. The van der Waals surface area contributed by atoms with E-state index in [2.05, 4.69) is 4.84 Å². The zero-order valence-electron chi connectivity index (χ0n) is 6.78. The minimum atomic E-state index is -1.44. The Labute approximate surface area is 74.3 Å². The summed E-state index contributed by atoms with van der Waals surface area (Å²) in [7, 11) is 0. The molecule has 3 unspecified atom stereocenters. The van der Waals surface area contributed by atoms with Gasteiger partial charge in [0.25, 0.3) is 0 Å². The Morgan fingerprint density at radius 2 is 1.77 bits per heavy atom. The predicted octanol–water partition coefficient (Wildman–Crippen LogP) is -3.32. The number of aliphatic hydroxyl groups is 4. The molecule has 0 saturated carbocycles. The van der Waals surface area contributed by atoms with Crippen LogP contribution in [-0.4, -0.2) is 57.7 Å². The van der Waals surface area contributed by atoms with E-state index in [0.29, 0.717) is 0 Å². The van der Waals surface area contributed by atoms with E-state index in [1.807, 2.05) is 0 Å². The minimum absolute atomic E-state index is 0.495. The predicted molar refractivity (Wildman–Crippen MR) is 39.0 cm³/mol. The molecule has 1 aliphatic rings. The second-order valence-corrected chi connectivity index (χ2v) is 2.83. The maximum atomic E-state index is 9.23. The molecular formula is C6H13NO6. The molecule has 0 amide bonds. The Morgan fingerprint density at radius 1 is 1.15 bits per heavy atom. The fraction of sp³-hybridized carbons (Fsp3) is 1.00. The Bertz CT molecular complexity index is 147. The molecule has 0 spiro atoms. The van der Waals surface area contributed by atoms with Crippen molar-refractivity contribution in [3.05, 3.63) is 0 Å². The molecule has 78 valence electrons. The topological polar surface area (TPSA) is 125 Å². The molecule has 7 nitrogen and oxygen atoms in total. The van der Waals surface area contributed by atoms with Gasteiger partial charge in [-0.05, 0) is 0 Å². The minimum Gasteiger partial charge on any atom is -0.394 e. The fourth-order valence-corrected chi connectivity index (χ4v) is 1.18. The highest BCUT2D eigenvalue weighted by atomic mass is 16.8. The summed E-state index contributed by atoms with van der Waals surface area (Å²) in [6.45, 7) is -0.495. The molecule has 0 aliphatic carbocycles. The third-order valence-electron chi connectivity index (χ3n) is 1.98. The largest absolute Gasteiger partial charge is 0.394 e. The number of nitrogens with two attached hydrogens (primary N) is 1. The number of hydrogen-bond donors (Lipinski definition) is 5. The van der Waals surface area contributed by atoms with Gasteiger partial charge in [-0.3, -0.25) is 4.84 Å². The van der Waals surface area contributed by atoms with E-state index in [0.717, 1.165) is 0 Å². The summed E-state index contributed by atoms with van der Waals surface area (Å²) < 4.78 is 4.82. The molecule has 1 heterocycles. The third kappa shape index (κ3) is 1.97. The average molecular weight is 195 g/mol. The Balaban J connectivity index is 2.66. The van der Waals surface area contributed by atoms with Gasteiger partial charge in [-0.15, -0.1) is 0 Å². The fourth-order valence-electron chi connectivity index (χ4n) is 1.18. The summed E-state index contributed by atoms with van der Waals surface area (Å²) in [6, 6.07) is 0. The van der Waals surface area contributed by atoms with E-state index < -0.39 is 37.3 Å². The molecule has 1 saturated heterocycles. The van der Waals surface area contributed by atoms with Gasteiger partial charge in [0, 0.05) is 0 Å². The Kier molecular flexibility index (Phi) is 3.56. The highest BCUT2D eigenvalue weighted by Gasteiger charge is 2.43.